The summed E-state index contributed by atoms with van der Waals surface area (Å²) in [6, 6.07) is 4.19. The van der Waals surface area contributed by atoms with Crippen molar-refractivity contribution < 1.29 is 13.7 Å². The molecule has 104 valence electrons. The fraction of sp³-hybridized carbons (Fsp3) is 0.571. The molecule has 0 radical (unpaired) electrons. The highest BCUT2D eigenvalue weighted by atomic mass is 32.2. The molecule has 2 atom stereocenters. The second-order valence-electron chi connectivity index (χ2n) is 4.88. The van der Waals surface area contributed by atoms with Crippen LogP contribution in [0.1, 0.15) is 31.4 Å². The predicted octanol–water partition coefficient (Wildman–Crippen LogP) is 2.01. The molecule has 4 nitrogen and oxygen atoms in total. The van der Waals surface area contributed by atoms with Gasteiger partial charge in [-0.15, -0.1) is 0 Å². The third kappa shape index (κ3) is 2.49. The van der Waals surface area contributed by atoms with Gasteiger partial charge in [-0.05, 0) is 31.0 Å². The molecule has 0 saturated carbocycles. The zero-order valence-corrected chi connectivity index (χ0v) is 11.9. The third-order valence-electron chi connectivity index (χ3n) is 3.53. The minimum atomic E-state index is -0.915. The average molecular weight is 281 g/mol. The smallest absolute Gasteiger partial charge is 0.162 e. The minimum Gasteiger partial charge on any atom is -0.486 e. The fourth-order valence-corrected chi connectivity index (χ4v) is 3.95. The molecule has 0 saturated heterocycles. The summed E-state index contributed by atoms with van der Waals surface area (Å²) in [4.78, 5) is 0.907. The Morgan fingerprint density at radius 2 is 2.05 bits per heavy atom. The van der Waals surface area contributed by atoms with Gasteiger partial charge in [0.25, 0.3) is 0 Å². The van der Waals surface area contributed by atoms with Crippen LogP contribution < -0.4 is 14.8 Å². The van der Waals surface area contributed by atoms with Crippen molar-refractivity contribution in [2.75, 3.05) is 25.5 Å². The summed E-state index contributed by atoms with van der Waals surface area (Å²) < 4.78 is 23.4. The number of nitrogens with one attached hydrogen (secondary N) is 1. The molecule has 1 aromatic carbocycles. The van der Waals surface area contributed by atoms with Crippen LogP contribution in [0.5, 0.6) is 11.5 Å². The van der Waals surface area contributed by atoms with Crippen LogP contribution >= 0.6 is 0 Å². The molecule has 1 aromatic rings. The molecule has 2 unspecified atom stereocenters. The van der Waals surface area contributed by atoms with Crippen molar-refractivity contribution in [3.05, 3.63) is 17.7 Å². The first-order valence-electron chi connectivity index (χ1n) is 6.85. The second-order valence-corrected chi connectivity index (χ2v) is 6.42. The molecule has 0 fully saturated rings. The van der Waals surface area contributed by atoms with Gasteiger partial charge in [0, 0.05) is 22.8 Å². The van der Waals surface area contributed by atoms with Crippen LogP contribution in [0, 0.1) is 0 Å². The topological polar surface area (TPSA) is 47.6 Å². The molecule has 3 rings (SSSR count). The van der Waals surface area contributed by atoms with E-state index < -0.39 is 10.8 Å². The highest BCUT2D eigenvalue weighted by Crippen LogP contribution is 2.39. The Kier molecular flexibility index (Phi) is 3.75. The summed E-state index contributed by atoms with van der Waals surface area (Å²) in [5, 5.41) is 3.52. The van der Waals surface area contributed by atoms with E-state index in [4.69, 9.17) is 9.47 Å². The van der Waals surface area contributed by atoms with Gasteiger partial charge in [-0.3, -0.25) is 4.21 Å². The quantitative estimate of drug-likeness (QED) is 0.920. The maximum absolute atomic E-state index is 12.2. The Morgan fingerprint density at radius 1 is 1.32 bits per heavy atom. The third-order valence-corrected chi connectivity index (χ3v) is 4.98. The Bertz CT molecular complexity index is 504. The summed E-state index contributed by atoms with van der Waals surface area (Å²) >= 11 is 0. The van der Waals surface area contributed by atoms with Crippen LogP contribution in [0.25, 0.3) is 0 Å². The van der Waals surface area contributed by atoms with Gasteiger partial charge in [0.1, 0.15) is 13.2 Å². The maximum atomic E-state index is 12.2. The Morgan fingerprint density at radius 3 is 2.79 bits per heavy atom. The second kappa shape index (κ2) is 5.51. The molecule has 2 aliphatic heterocycles. The number of hydrogen-bond donors (Lipinski definition) is 1. The van der Waals surface area contributed by atoms with E-state index >= 15 is 0 Å². The molecule has 0 amide bonds. The van der Waals surface area contributed by atoms with E-state index in [1.165, 1.54) is 0 Å². The highest BCUT2D eigenvalue weighted by molar-refractivity contribution is 7.85. The van der Waals surface area contributed by atoms with Gasteiger partial charge in [-0.2, -0.15) is 0 Å². The maximum Gasteiger partial charge on any atom is 0.162 e. The molecule has 0 aliphatic carbocycles. The summed E-state index contributed by atoms with van der Waals surface area (Å²) in [5.74, 6) is 2.23. The number of fused-ring (bicyclic) bond motifs is 2. The van der Waals surface area contributed by atoms with Crippen molar-refractivity contribution in [2.45, 2.75) is 30.7 Å². The summed E-state index contributed by atoms with van der Waals surface area (Å²) in [7, 11) is -0.915. The fourth-order valence-electron chi connectivity index (χ4n) is 2.58. The zero-order valence-electron chi connectivity index (χ0n) is 11.1. The van der Waals surface area contributed by atoms with Crippen LogP contribution in [0.3, 0.4) is 0 Å². The summed E-state index contributed by atoms with van der Waals surface area (Å²) in [5.41, 5.74) is 1.11. The van der Waals surface area contributed by atoms with E-state index in [1.807, 2.05) is 12.1 Å². The lowest BCUT2D eigenvalue weighted by Crippen LogP contribution is -2.29. The summed E-state index contributed by atoms with van der Waals surface area (Å²) in [6.45, 7) is 4.28. The average Bonchev–Trinajstić information content (AvgIpc) is 2.45. The Hall–Kier alpha value is -1.07. The van der Waals surface area contributed by atoms with E-state index in [-0.39, 0.29) is 6.04 Å². The first kappa shape index (κ1) is 12.9. The molecule has 0 bridgehead atoms. The molecule has 19 heavy (non-hydrogen) atoms. The minimum absolute atomic E-state index is 0.281. The molecule has 2 heterocycles. The van der Waals surface area contributed by atoms with Crippen molar-refractivity contribution in [1.82, 2.24) is 5.32 Å². The SMILES string of the molecule is CCCNC1CCS(=O)c2cc3c(cc21)OCCO3. The van der Waals surface area contributed by atoms with Crippen molar-refractivity contribution >= 4 is 10.8 Å². The van der Waals surface area contributed by atoms with Crippen LogP contribution in [0.4, 0.5) is 0 Å². The van der Waals surface area contributed by atoms with Gasteiger partial charge in [-0.25, -0.2) is 0 Å². The number of hydrogen-bond acceptors (Lipinski definition) is 4. The van der Waals surface area contributed by atoms with E-state index in [0.29, 0.717) is 19.0 Å². The highest BCUT2D eigenvalue weighted by Gasteiger charge is 2.27. The summed E-state index contributed by atoms with van der Waals surface area (Å²) in [6.07, 6.45) is 2.01. The largest absolute Gasteiger partial charge is 0.486 e. The van der Waals surface area contributed by atoms with E-state index in [9.17, 15) is 4.21 Å². The van der Waals surface area contributed by atoms with Crippen LogP contribution in [0.15, 0.2) is 17.0 Å². The van der Waals surface area contributed by atoms with E-state index in [2.05, 4.69) is 12.2 Å². The van der Waals surface area contributed by atoms with Gasteiger partial charge in [-0.1, -0.05) is 6.92 Å². The lowest BCUT2D eigenvalue weighted by Gasteiger charge is -2.28. The first-order valence-corrected chi connectivity index (χ1v) is 8.16. The molecular formula is C14H19NO3S. The first-order chi connectivity index (χ1) is 9.29. The van der Waals surface area contributed by atoms with Crippen LogP contribution in [-0.4, -0.2) is 29.7 Å². The molecule has 0 aromatic heterocycles. The number of benzene rings is 1. The van der Waals surface area contributed by atoms with Gasteiger partial charge in [0.15, 0.2) is 11.5 Å². The van der Waals surface area contributed by atoms with Gasteiger partial charge < -0.3 is 14.8 Å². The molecule has 0 spiro atoms. The lowest BCUT2D eigenvalue weighted by atomic mass is 10.0. The normalized spacial score (nSPS) is 24.9. The zero-order chi connectivity index (χ0) is 13.2. The predicted molar refractivity (Wildman–Crippen MR) is 74.4 cm³/mol. The lowest BCUT2D eigenvalue weighted by molar-refractivity contribution is 0.170. The monoisotopic (exact) mass is 281 g/mol. The van der Waals surface area contributed by atoms with Crippen LogP contribution in [0.2, 0.25) is 0 Å². The van der Waals surface area contributed by atoms with Crippen molar-refractivity contribution in [2.24, 2.45) is 0 Å². The van der Waals surface area contributed by atoms with Gasteiger partial charge in [0.2, 0.25) is 0 Å². The van der Waals surface area contributed by atoms with Crippen LogP contribution in [-0.2, 0) is 10.8 Å². The Balaban J connectivity index is 1.98. The van der Waals surface area contributed by atoms with Crippen molar-refractivity contribution in [3.63, 3.8) is 0 Å². The molecule has 5 heteroatoms. The number of ether oxygens (including phenoxy) is 2. The number of rotatable bonds is 3. The van der Waals surface area contributed by atoms with E-state index in [0.717, 1.165) is 41.3 Å². The Labute approximate surface area is 115 Å². The van der Waals surface area contributed by atoms with Gasteiger partial charge in [0.05, 0.1) is 10.8 Å². The van der Waals surface area contributed by atoms with E-state index in [1.54, 1.807) is 0 Å². The molecule has 1 N–H and O–H groups in total. The molecular weight excluding hydrogens is 262 g/mol. The van der Waals surface area contributed by atoms with Gasteiger partial charge >= 0.3 is 0 Å². The molecule has 2 aliphatic rings. The standard InChI is InChI=1S/C14H19NO3S/c1-2-4-15-11-3-7-19(16)14-9-13-12(8-10(11)14)17-5-6-18-13/h8-9,11,15H,2-7H2,1H3. The van der Waals surface area contributed by atoms with Crippen molar-refractivity contribution in [1.29, 1.82) is 0 Å². The van der Waals surface area contributed by atoms with Crippen molar-refractivity contribution in [3.8, 4) is 11.5 Å².